The van der Waals surface area contributed by atoms with Crippen LogP contribution in [0.5, 0.6) is 0 Å². The second kappa shape index (κ2) is 25.6. The Morgan fingerprint density at radius 1 is 0.588 bits per heavy atom. The number of rotatable bonds is 3. The van der Waals surface area contributed by atoms with Gasteiger partial charge in [-0.15, -0.1) is 0 Å². The molecule has 0 aromatic heterocycles. The van der Waals surface area contributed by atoms with Crippen LogP contribution in [0, 0.1) is 38.5 Å². The first-order valence-corrected chi connectivity index (χ1v) is 6.19. The number of hydrogen-bond donors (Lipinski definition) is 0. The normalized spacial score (nSPS) is 8.47. The van der Waals surface area contributed by atoms with Gasteiger partial charge in [-0.3, -0.25) is 0 Å². The van der Waals surface area contributed by atoms with E-state index in [1.807, 2.05) is 0 Å². The topological polar surface area (TPSA) is 30.0 Å². The first-order valence-electron chi connectivity index (χ1n) is 6.19. The summed E-state index contributed by atoms with van der Waals surface area (Å²) < 4.78 is 0. The van der Waals surface area contributed by atoms with Crippen molar-refractivity contribution in [3.63, 3.8) is 0 Å². The monoisotopic (exact) mass is 320 g/mol. The van der Waals surface area contributed by atoms with Crippen LogP contribution in [0.2, 0.25) is 0 Å². The summed E-state index contributed by atoms with van der Waals surface area (Å²) in [6.07, 6.45) is 3.17. The summed E-state index contributed by atoms with van der Waals surface area (Å²) in [6.45, 7) is 24.0. The molecule has 0 aliphatic rings. The Balaban J connectivity index is -0.0000000400. The van der Waals surface area contributed by atoms with Gasteiger partial charge in [0.2, 0.25) is 0 Å². The maximum Gasteiger partial charge on any atom is 4.00 e. The van der Waals surface area contributed by atoms with Crippen molar-refractivity contribution in [1.29, 1.82) is 0 Å². The molecule has 0 fully saturated rings. The Morgan fingerprint density at radius 2 is 0.647 bits per heavy atom. The van der Waals surface area contributed by atoms with Crippen LogP contribution < -0.4 is 0 Å². The Labute approximate surface area is 131 Å². The van der Waals surface area contributed by atoms with E-state index in [4.69, 9.17) is 0 Å². The molecule has 0 aliphatic carbocycles. The number of hydrogen-bond acceptors (Lipinski definition) is 1. The predicted octanol–water partition coefficient (Wildman–Crippen LogP) is 5.42. The zero-order valence-corrected chi connectivity index (χ0v) is 15.4. The predicted molar refractivity (Wildman–Crippen MR) is 76.4 cm³/mol. The molecule has 1 nitrogen and oxygen atoms in total. The van der Waals surface area contributed by atoms with E-state index in [-0.39, 0.29) is 31.7 Å². The van der Waals surface area contributed by atoms with E-state index in [2.05, 4.69) is 62.3 Å². The molecule has 1 N–H and O–H groups in total. The van der Waals surface area contributed by atoms with Crippen LogP contribution in [0.15, 0.2) is 0 Å². The molecule has 0 saturated carbocycles. The van der Waals surface area contributed by atoms with Crippen LogP contribution in [0.1, 0.15) is 60.8 Å². The fraction of sp³-hybridized carbons (Fsp3) is 0.800. The third-order valence-corrected chi connectivity index (χ3v) is 1.73. The minimum absolute atomic E-state index is 0. The van der Waals surface area contributed by atoms with Crippen LogP contribution in [0.25, 0.3) is 0 Å². The van der Waals surface area contributed by atoms with Gasteiger partial charge in [-0.05, 0) is 0 Å². The molecule has 2 heteroatoms. The van der Waals surface area contributed by atoms with Gasteiger partial charge in [0.05, 0.1) is 0 Å². The molecule has 0 heterocycles. The second-order valence-corrected chi connectivity index (χ2v) is 5.05. The summed E-state index contributed by atoms with van der Waals surface area (Å²) >= 11 is 0. The van der Waals surface area contributed by atoms with Gasteiger partial charge in [0, 0.05) is 0 Å². The Kier molecular flexibility index (Phi) is 46.3. The minimum Gasteiger partial charge on any atom is -0.870 e. The van der Waals surface area contributed by atoms with E-state index < -0.39 is 0 Å². The van der Waals surface area contributed by atoms with E-state index >= 15 is 0 Å². The third-order valence-electron chi connectivity index (χ3n) is 1.73. The molecule has 0 saturated heterocycles. The van der Waals surface area contributed by atoms with Crippen molar-refractivity contribution < 1.29 is 31.7 Å². The molecular weight excluding hydrogens is 287 g/mol. The van der Waals surface area contributed by atoms with Crippen molar-refractivity contribution in [2.24, 2.45) is 17.8 Å². The van der Waals surface area contributed by atoms with Crippen LogP contribution in [-0.4, -0.2) is 5.48 Å². The van der Waals surface area contributed by atoms with Crippen molar-refractivity contribution >= 4 is 0 Å². The van der Waals surface area contributed by atoms with Gasteiger partial charge in [0.15, 0.2) is 0 Å². The molecule has 104 valence electrons. The molecule has 0 bridgehead atoms. The van der Waals surface area contributed by atoms with Gasteiger partial charge < -0.3 is 26.2 Å². The molecule has 0 amide bonds. The summed E-state index contributed by atoms with van der Waals surface area (Å²) in [6, 6.07) is 0. The Bertz CT molecular complexity index is 71.9. The molecule has 0 radical (unpaired) electrons. The van der Waals surface area contributed by atoms with Crippen molar-refractivity contribution in [2.75, 3.05) is 0 Å². The SMILES string of the molecule is [CH2-]CC(C)C.[CH2-]CC(C)C.[CH2-]CC(C)C.[OH-].[Zr+4]. The zero-order chi connectivity index (χ0) is 12.9. The summed E-state index contributed by atoms with van der Waals surface area (Å²) in [5.74, 6) is 2.32. The van der Waals surface area contributed by atoms with E-state index in [0.717, 1.165) is 37.0 Å². The van der Waals surface area contributed by atoms with Crippen molar-refractivity contribution in [3.05, 3.63) is 20.8 Å². The van der Waals surface area contributed by atoms with Gasteiger partial charge in [-0.1, -0.05) is 59.3 Å². The Hall–Kier alpha value is 0.843. The average Bonchev–Trinajstić information content (AvgIpc) is 2.19. The molecule has 0 spiro atoms. The van der Waals surface area contributed by atoms with Gasteiger partial charge in [0.1, 0.15) is 0 Å². The zero-order valence-electron chi connectivity index (χ0n) is 12.9. The average molecular weight is 322 g/mol. The first kappa shape index (κ1) is 30.7. The molecule has 0 aromatic rings. The summed E-state index contributed by atoms with van der Waals surface area (Å²) in [5, 5.41) is 0. The largest absolute Gasteiger partial charge is 4.00 e. The van der Waals surface area contributed by atoms with Crippen molar-refractivity contribution in [2.45, 2.75) is 60.8 Å². The fourth-order valence-electron chi connectivity index (χ4n) is 0. The minimum atomic E-state index is 0. The first-order chi connectivity index (χ1) is 6.81. The van der Waals surface area contributed by atoms with Crippen LogP contribution in [0.4, 0.5) is 0 Å². The second-order valence-electron chi connectivity index (χ2n) is 5.05. The van der Waals surface area contributed by atoms with Crippen LogP contribution >= 0.6 is 0 Å². The molecule has 0 unspecified atom stereocenters. The maximum absolute atomic E-state index is 3.69. The Morgan fingerprint density at radius 3 is 0.647 bits per heavy atom. The smallest absolute Gasteiger partial charge is 0.870 e. The van der Waals surface area contributed by atoms with E-state index in [1.165, 1.54) is 0 Å². The van der Waals surface area contributed by atoms with Crippen LogP contribution in [0.3, 0.4) is 0 Å². The summed E-state index contributed by atoms with van der Waals surface area (Å²) in [7, 11) is 0. The van der Waals surface area contributed by atoms with Crippen molar-refractivity contribution in [1.82, 2.24) is 0 Å². The van der Waals surface area contributed by atoms with Crippen LogP contribution in [-0.2, 0) is 26.2 Å². The maximum atomic E-state index is 3.69. The van der Waals surface area contributed by atoms with Gasteiger partial charge in [-0.2, -0.15) is 19.3 Å². The third kappa shape index (κ3) is 79.2. The standard InChI is InChI=1S/3C5H11.H2O.Zr/c3*1-4-5(2)3;;/h3*5H,1,4H2,2-3H3;1H2;/q3*-1;;+4/p-1. The molecule has 0 aromatic carbocycles. The molecule has 0 aliphatic heterocycles. The van der Waals surface area contributed by atoms with E-state index in [9.17, 15) is 0 Å². The molecular formula is C15H34OZr. The van der Waals surface area contributed by atoms with E-state index in [1.54, 1.807) is 0 Å². The molecule has 0 atom stereocenters. The van der Waals surface area contributed by atoms with Crippen molar-refractivity contribution in [3.8, 4) is 0 Å². The molecule has 0 rings (SSSR count). The quantitative estimate of drug-likeness (QED) is 0.638. The van der Waals surface area contributed by atoms with Gasteiger partial charge in [0.25, 0.3) is 0 Å². The molecule has 17 heavy (non-hydrogen) atoms. The summed E-state index contributed by atoms with van der Waals surface area (Å²) in [4.78, 5) is 0. The summed E-state index contributed by atoms with van der Waals surface area (Å²) in [5.41, 5.74) is 0. The van der Waals surface area contributed by atoms with E-state index in [0.29, 0.717) is 0 Å². The van der Waals surface area contributed by atoms with Gasteiger partial charge in [-0.25, -0.2) is 0 Å². The fourth-order valence-corrected chi connectivity index (χ4v) is 0. The van der Waals surface area contributed by atoms with Gasteiger partial charge >= 0.3 is 26.2 Å².